The van der Waals surface area contributed by atoms with Crippen LogP contribution in [0.5, 0.6) is 0 Å². The Kier molecular flexibility index (Phi) is 5.33. The molecule has 124 valence electrons. The number of nitrogens with zero attached hydrogens (tertiary/aromatic N) is 1. The molecule has 1 aliphatic heterocycles. The van der Waals surface area contributed by atoms with Crippen molar-refractivity contribution in [3.8, 4) is 0 Å². The van der Waals surface area contributed by atoms with Crippen molar-refractivity contribution in [2.45, 2.75) is 13.0 Å². The van der Waals surface area contributed by atoms with Crippen LogP contribution in [0.15, 0.2) is 35.5 Å². The number of halogens is 1. The van der Waals surface area contributed by atoms with Gasteiger partial charge < -0.3 is 19.7 Å². The predicted molar refractivity (Wildman–Crippen MR) is 81.0 cm³/mol. The predicted octanol–water partition coefficient (Wildman–Crippen LogP) is 1.99. The Morgan fingerprint density at radius 1 is 1.30 bits per heavy atom. The zero-order valence-corrected chi connectivity index (χ0v) is 13.3. The van der Waals surface area contributed by atoms with Gasteiger partial charge in [0, 0.05) is 19.9 Å². The molecule has 0 saturated carbocycles. The summed E-state index contributed by atoms with van der Waals surface area (Å²) in [5.41, 5.74) is 1.41. The van der Waals surface area contributed by atoms with Crippen LogP contribution in [0.1, 0.15) is 18.5 Å². The fourth-order valence-corrected chi connectivity index (χ4v) is 2.30. The van der Waals surface area contributed by atoms with E-state index < -0.39 is 17.8 Å². The van der Waals surface area contributed by atoms with E-state index in [2.05, 4.69) is 5.32 Å². The third-order valence-electron chi connectivity index (χ3n) is 3.70. The fourth-order valence-electron chi connectivity index (χ4n) is 2.30. The molecule has 1 aromatic carbocycles. The van der Waals surface area contributed by atoms with Gasteiger partial charge >= 0.3 is 12.0 Å². The number of nitrogens with one attached hydrogen (secondary N) is 1. The number of esters is 1. The normalized spacial score (nSPS) is 18.0. The molecule has 1 N–H and O–H groups in total. The summed E-state index contributed by atoms with van der Waals surface area (Å²) in [4.78, 5) is 25.8. The molecule has 0 fully saturated rings. The summed E-state index contributed by atoms with van der Waals surface area (Å²) in [6.07, 6.45) is 0. The second-order valence-electron chi connectivity index (χ2n) is 5.12. The number of hydrogen-bond acceptors (Lipinski definition) is 4. The fraction of sp³-hybridized carbons (Fsp3) is 0.375. The lowest BCUT2D eigenvalue weighted by molar-refractivity contribution is -0.140. The minimum absolute atomic E-state index is 0.111. The second-order valence-corrected chi connectivity index (χ2v) is 5.12. The highest BCUT2D eigenvalue weighted by molar-refractivity contribution is 5.94. The molecule has 7 heteroatoms. The Morgan fingerprint density at radius 2 is 1.96 bits per heavy atom. The van der Waals surface area contributed by atoms with E-state index in [0.717, 1.165) is 0 Å². The molecule has 0 bridgehead atoms. The van der Waals surface area contributed by atoms with E-state index in [1.807, 2.05) is 0 Å². The number of amides is 2. The van der Waals surface area contributed by atoms with Crippen LogP contribution in [0.3, 0.4) is 0 Å². The Morgan fingerprint density at radius 3 is 2.57 bits per heavy atom. The van der Waals surface area contributed by atoms with Crippen LogP contribution in [-0.4, -0.2) is 44.3 Å². The Balaban J connectivity index is 2.35. The van der Waals surface area contributed by atoms with E-state index in [9.17, 15) is 14.0 Å². The number of benzene rings is 1. The molecule has 0 spiro atoms. The van der Waals surface area contributed by atoms with Crippen LogP contribution in [0.4, 0.5) is 9.18 Å². The van der Waals surface area contributed by atoms with Crippen LogP contribution in [-0.2, 0) is 14.3 Å². The molecule has 2 amide bonds. The summed E-state index contributed by atoms with van der Waals surface area (Å²) in [6.45, 7) is 2.06. The molecular formula is C16H19FN2O4. The van der Waals surface area contributed by atoms with Crippen molar-refractivity contribution in [1.82, 2.24) is 10.2 Å². The molecule has 1 aliphatic rings. The van der Waals surface area contributed by atoms with Crippen molar-refractivity contribution < 1.29 is 23.5 Å². The van der Waals surface area contributed by atoms with Gasteiger partial charge in [0.05, 0.1) is 18.2 Å². The molecule has 1 unspecified atom stereocenters. The summed E-state index contributed by atoms with van der Waals surface area (Å²) in [5, 5.41) is 2.73. The molecule has 2 rings (SSSR count). The first-order chi connectivity index (χ1) is 11.0. The Bertz CT molecular complexity index is 627. The van der Waals surface area contributed by atoms with Gasteiger partial charge in [0.25, 0.3) is 0 Å². The molecular weight excluding hydrogens is 303 g/mol. The second kappa shape index (κ2) is 7.23. The highest BCUT2D eigenvalue weighted by atomic mass is 19.1. The van der Waals surface area contributed by atoms with Crippen LogP contribution in [0, 0.1) is 5.82 Å². The van der Waals surface area contributed by atoms with E-state index in [1.54, 1.807) is 14.0 Å². The molecule has 1 aromatic rings. The van der Waals surface area contributed by atoms with Crippen molar-refractivity contribution in [2.75, 3.05) is 27.4 Å². The lowest BCUT2D eigenvalue weighted by atomic mass is 9.95. The molecule has 23 heavy (non-hydrogen) atoms. The monoisotopic (exact) mass is 322 g/mol. The zero-order valence-electron chi connectivity index (χ0n) is 13.3. The average Bonchev–Trinajstić information content (AvgIpc) is 2.53. The first-order valence-corrected chi connectivity index (χ1v) is 7.12. The third kappa shape index (κ3) is 3.68. The lowest BCUT2D eigenvalue weighted by Gasteiger charge is -2.33. The topological polar surface area (TPSA) is 67.9 Å². The number of rotatable bonds is 5. The van der Waals surface area contributed by atoms with Crippen molar-refractivity contribution in [3.05, 3.63) is 46.9 Å². The maximum Gasteiger partial charge on any atom is 0.338 e. The van der Waals surface area contributed by atoms with Crippen molar-refractivity contribution in [3.63, 3.8) is 0 Å². The van der Waals surface area contributed by atoms with Crippen LogP contribution < -0.4 is 5.32 Å². The number of methoxy groups -OCH3 is 1. The summed E-state index contributed by atoms with van der Waals surface area (Å²) in [6, 6.07) is 4.59. The number of allylic oxidation sites excluding steroid dienone is 1. The largest absolute Gasteiger partial charge is 0.460 e. The van der Waals surface area contributed by atoms with Gasteiger partial charge in [-0.05, 0) is 24.6 Å². The van der Waals surface area contributed by atoms with Gasteiger partial charge in [-0.15, -0.1) is 0 Å². The van der Waals surface area contributed by atoms with Crippen molar-refractivity contribution in [1.29, 1.82) is 0 Å². The minimum atomic E-state index is -0.686. The molecule has 0 radical (unpaired) electrons. The number of hydrogen-bond donors (Lipinski definition) is 1. The van der Waals surface area contributed by atoms with E-state index in [0.29, 0.717) is 16.8 Å². The van der Waals surface area contributed by atoms with Crippen molar-refractivity contribution in [2.24, 2.45) is 0 Å². The Hall–Kier alpha value is -2.41. The van der Waals surface area contributed by atoms with Crippen LogP contribution >= 0.6 is 0 Å². The number of carbonyl (C=O) groups excluding carboxylic acids is 2. The highest BCUT2D eigenvalue weighted by Gasteiger charge is 2.34. The van der Waals surface area contributed by atoms with Gasteiger partial charge in [0.1, 0.15) is 12.4 Å². The van der Waals surface area contributed by atoms with Crippen molar-refractivity contribution >= 4 is 12.0 Å². The lowest BCUT2D eigenvalue weighted by Crippen LogP contribution is -2.46. The smallest absolute Gasteiger partial charge is 0.338 e. The number of urea groups is 1. The first kappa shape index (κ1) is 17.0. The standard InChI is InChI=1S/C16H19FN2O4/c1-10-13(15(20)23-9-8-22-3)14(18-16(21)19(10)2)11-4-6-12(17)7-5-11/h4-7,14H,8-9H2,1-3H3,(H,18,21). The summed E-state index contributed by atoms with van der Waals surface area (Å²) in [5.74, 6) is -0.932. The molecule has 6 nitrogen and oxygen atoms in total. The molecule has 0 aromatic heterocycles. The van der Waals surface area contributed by atoms with Crippen LogP contribution in [0.2, 0.25) is 0 Å². The van der Waals surface area contributed by atoms with E-state index in [-0.39, 0.29) is 19.2 Å². The van der Waals surface area contributed by atoms with Gasteiger partial charge in [-0.25, -0.2) is 14.0 Å². The summed E-state index contributed by atoms with van der Waals surface area (Å²) < 4.78 is 23.1. The molecule has 1 atom stereocenters. The minimum Gasteiger partial charge on any atom is -0.460 e. The van der Waals surface area contributed by atoms with Gasteiger partial charge in [-0.1, -0.05) is 12.1 Å². The van der Waals surface area contributed by atoms with Crippen LogP contribution in [0.25, 0.3) is 0 Å². The number of ether oxygens (including phenoxy) is 2. The third-order valence-corrected chi connectivity index (χ3v) is 3.70. The molecule has 0 saturated heterocycles. The summed E-state index contributed by atoms with van der Waals surface area (Å²) >= 11 is 0. The van der Waals surface area contributed by atoms with Gasteiger partial charge in [0.2, 0.25) is 0 Å². The number of carbonyl (C=O) groups is 2. The zero-order chi connectivity index (χ0) is 17.0. The highest BCUT2D eigenvalue weighted by Crippen LogP contribution is 2.30. The van der Waals surface area contributed by atoms with Gasteiger partial charge in [-0.2, -0.15) is 0 Å². The first-order valence-electron chi connectivity index (χ1n) is 7.12. The van der Waals surface area contributed by atoms with E-state index >= 15 is 0 Å². The Labute approximate surface area is 133 Å². The summed E-state index contributed by atoms with van der Waals surface area (Å²) in [7, 11) is 3.07. The van der Waals surface area contributed by atoms with Gasteiger partial charge in [-0.3, -0.25) is 0 Å². The molecule has 0 aliphatic carbocycles. The maximum atomic E-state index is 13.1. The average molecular weight is 322 g/mol. The van der Waals surface area contributed by atoms with Gasteiger partial charge in [0.15, 0.2) is 0 Å². The SMILES string of the molecule is COCCOC(=O)C1=C(C)N(C)C(=O)NC1c1ccc(F)cc1. The maximum absolute atomic E-state index is 13.1. The van der Waals surface area contributed by atoms with E-state index in [1.165, 1.54) is 36.3 Å². The molecule has 1 heterocycles. The quantitative estimate of drug-likeness (QED) is 0.665. The van der Waals surface area contributed by atoms with E-state index in [4.69, 9.17) is 9.47 Å².